The average molecular weight is 569 g/mol. The lowest BCUT2D eigenvalue weighted by Gasteiger charge is -2.09. The predicted octanol–water partition coefficient (Wildman–Crippen LogP) is 6.56. The predicted molar refractivity (Wildman–Crippen MR) is 147 cm³/mol. The lowest BCUT2D eigenvalue weighted by atomic mass is 10.1. The van der Waals surface area contributed by atoms with E-state index in [1.807, 2.05) is 30.5 Å². The van der Waals surface area contributed by atoms with Crippen molar-refractivity contribution >= 4 is 18.2 Å². The highest BCUT2D eigenvalue weighted by Crippen LogP contribution is 2.29. The van der Waals surface area contributed by atoms with Gasteiger partial charge in [0.2, 0.25) is 5.89 Å². The Morgan fingerprint density at radius 1 is 1.05 bits per heavy atom. The van der Waals surface area contributed by atoms with Crippen molar-refractivity contribution in [3.63, 3.8) is 0 Å². The van der Waals surface area contributed by atoms with E-state index in [0.29, 0.717) is 29.3 Å². The minimum Gasteiger partial charge on any atom is -0.487 e. The first-order chi connectivity index (χ1) is 19.8. The number of carbonyl (C=O) groups excluding carboxylic acids is 1. The molecule has 2 heterocycles. The van der Waals surface area contributed by atoms with Crippen LogP contribution in [0.5, 0.6) is 5.75 Å². The molecule has 0 saturated carbocycles. The van der Waals surface area contributed by atoms with Crippen LogP contribution in [0, 0.1) is 0 Å². The molecular formula is C30H31F3N4O4. The maximum atomic E-state index is 12.7. The molecule has 0 atom stereocenters. The molecule has 1 amide bonds. The summed E-state index contributed by atoms with van der Waals surface area (Å²) in [5.41, 5.74) is 1.71. The molecule has 0 spiro atoms. The number of alkyl carbamates (subject to hydrolysis) is 1. The van der Waals surface area contributed by atoms with Gasteiger partial charge >= 0.3 is 12.3 Å². The molecule has 0 aliphatic carbocycles. The summed E-state index contributed by atoms with van der Waals surface area (Å²) in [6.07, 6.45) is 7.10. The number of nitrogens with one attached hydrogen (secondary N) is 1. The number of carbonyl (C=O) groups is 1. The van der Waals surface area contributed by atoms with E-state index in [-0.39, 0.29) is 13.2 Å². The Hall–Kier alpha value is -4.54. The summed E-state index contributed by atoms with van der Waals surface area (Å²) in [7, 11) is 1.53. The molecule has 2 aromatic carbocycles. The number of unbranched alkanes of at least 4 members (excludes halogenated alkanes) is 1. The zero-order chi connectivity index (χ0) is 29.1. The summed E-state index contributed by atoms with van der Waals surface area (Å²) in [4.78, 5) is 19.9. The van der Waals surface area contributed by atoms with Gasteiger partial charge in [0.1, 0.15) is 36.7 Å². The number of nitrogens with zero attached hydrogens (tertiary/aromatic N) is 3. The number of aromatic nitrogens is 3. The van der Waals surface area contributed by atoms with Crippen molar-refractivity contribution in [1.29, 1.82) is 0 Å². The number of rotatable bonds is 13. The second kappa shape index (κ2) is 14.2. The van der Waals surface area contributed by atoms with Crippen molar-refractivity contribution in [3.05, 3.63) is 101 Å². The zero-order valence-corrected chi connectivity index (χ0v) is 22.6. The van der Waals surface area contributed by atoms with Crippen LogP contribution in [-0.2, 0) is 36.9 Å². The molecule has 8 nitrogen and oxygen atoms in total. The first kappa shape index (κ1) is 29.4. The van der Waals surface area contributed by atoms with Crippen molar-refractivity contribution in [2.75, 3.05) is 13.7 Å². The third kappa shape index (κ3) is 9.26. The summed E-state index contributed by atoms with van der Waals surface area (Å²) in [6, 6.07) is 12.8. The van der Waals surface area contributed by atoms with Gasteiger partial charge in [-0.1, -0.05) is 24.3 Å². The Kier molecular flexibility index (Phi) is 10.2. The first-order valence-corrected chi connectivity index (χ1v) is 13.2. The smallest absolute Gasteiger partial charge is 0.416 e. The van der Waals surface area contributed by atoms with Gasteiger partial charge in [0.15, 0.2) is 0 Å². The van der Waals surface area contributed by atoms with E-state index in [2.05, 4.69) is 19.9 Å². The lowest BCUT2D eigenvalue weighted by molar-refractivity contribution is -0.137. The van der Waals surface area contributed by atoms with Gasteiger partial charge in [0.05, 0.1) is 5.56 Å². The molecular weight excluding hydrogens is 537 g/mol. The summed E-state index contributed by atoms with van der Waals surface area (Å²) >= 11 is 0. The molecule has 41 heavy (non-hydrogen) atoms. The van der Waals surface area contributed by atoms with Crippen LogP contribution < -0.4 is 10.1 Å². The number of aryl methyl sites for hydroxylation is 2. The topological polar surface area (TPSA) is 91.4 Å². The second-order valence-electron chi connectivity index (χ2n) is 9.19. The number of benzene rings is 2. The van der Waals surface area contributed by atoms with Crippen LogP contribution in [0.1, 0.15) is 46.9 Å². The average Bonchev–Trinajstić information content (AvgIpc) is 3.62. The first-order valence-electron chi connectivity index (χ1n) is 13.2. The normalized spacial score (nSPS) is 11.6. The molecule has 4 aromatic rings. The number of alkyl halides is 3. The van der Waals surface area contributed by atoms with Crippen LogP contribution in [0.4, 0.5) is 18.0 Å². The van der Waals surface area contributed by atoms with Crippen molar-refractivity contribution in [3.8, 4) is 5.75 Å². The van der Waals surface area contributed by atoms with Crippen LogP contribution >= 0.6 is 0 Å². The third-order valence-electron chi connectivity index (χ3n) is 6.22. The Balaban J connectivity index is 1.16. The summed E-state index contributed by atoms with van der Waals surface area (Å²) in [6.45, 7) is 1.35. The summed E-state index contributed by atoms with van der Waals surface area (Å²) in [5, 5.41) is 2.42. The van der Waals surface area contributed by atoms with E-state index in [9.17, 15) is 18.0 Å². The largest absolute Gasteiger partial charge is 0.487 e. The molecule has 0 fully saturated rings. The maximum absolute atomic E-state index is 12.7. The van der Waals surface area contributed by atoms with Crippen molar-refractivity contribution in [2.24, 2.45) is 0 Å². The Labute approximate surface area is 235 Å². The number of ether oxygens (including phenoxy) is 2. The summed E-state index contributed by atoms with van der Waals surface area (Å²) in [5.74, 6) is 1.93. The minimum absolute atomic E-state index is 0.221. The molecule has 11 heteroatoms. The molecule has 2 aromatic heterocycles. The summed E-state index contributed by atoms with van der Waals surface area (Å²) < 4.78 is 56.4. The maximum Gasteiger partial charge on any atom is 0.416 e. The fourth-order valence-electron chi connectivity index (χ4n) is 4.02. The molecule has 0 aliphatic heterocycles. The van der Waals surface area contributed by atoms with Crippen molar-refractivity contribution in [1.82, 2.24) is 19.9 Å². The van der Waals surface area contributed by atoms with Gasteiger partial charge in [-0.05, 0) is 60.7 Å². The number of imidazole rings is 1. The highest BCUT2D eigenvalue weighted by atomic mass is 19.4. The standard InChI is InChI=1S/C30H31F3N4O4/c1-34-29(38)39-19-15-27-35-16-18-37(27)17-3-2-4-22-7-12-26(13-8-22)40-20-25-21-41-28(36-25)14-9-23-5-10-24(11-6-23)30(31,32)33/h5-14,16,18,21H,2-4,15,17,19-20H2,1H3,(H,34,38). The Morgan fingerprint density at radius 3 is 2.56 bits per heavy atom. The number of oxazole rings is 1. The molecule has 4 rings (SSSR count). The van der Waals surface area contributed by atoms with Gasteiger partial charge in [0.25, 0.3) is 0 Å². The van der Waals surface area contributed by atoms with Gasteiger partial charge < -0.3 is 23.8 Å². The molecule has 1 N–H and O–H groups in total. The SMILES string of the molecule is CNC(=O)OCCc1nccn1CCCCc1ccc(OCc2coc(C=Cc3ccc(C(F)(F)F)cc3)n2)cc1. The molecule has 0 aliphatic rings. The van der Waals surface area contributed by atoms with Crippen LogP contribution in [0.15, 0.2) is 71.6 Å². The number of amides is 1. The lowest BCUT2D eigenvalue weighted by Crippen LogP contribution is -2.20. The van der Waals surface area contributed by atoms with Crippen molar-refractivity contribution < 1.29 is 31.9 Å². The van der Waals surface area contributed by atoms with Gasteiger partial charge in [-0.15, -0.1) is 0 Å². The van der Waals surface area contributed by atoms with E-state index in [1.165, 1.54) is 31.0 Å². The second-order valence-corrected chi connectivity index (χ2v) is 9.19. The molecule has 216 valence electrons. The van der Waals surface area contributed by atoms with E-state index >= 15 is 0 Å². The van der Waals surface area contributed by atoms with Gasteiger partial charge in [0, 0.05) is 38.5 Å². The highest BCUT2D eigenvalue weighted by Gasteiger charge is 2.29. The third-order valence-corrected chi connectivity index (χ3v) is 6.22. The van der Waals surface area contributed by atoms with Crippen LogP contribution in [-0.4, -0.2) is 34.3 Å². The van der Waals surface area contributed by atoms with E-state index in [4.69, 9.17) is 13.9 Å². The number of hydrogen-bond acceptors (Lipinski definition) is 6. The Morgan fingerprint density at radius 2 is 1.83 bits per heavy atom. The van der Waals surface area contributed by atoms with Crippen LogP contribution in [0.25, 0.3) is 12.2 Å². The number of hydrogen-bond donors (Lipinski definition) is 1. The minimum atomic E-state index is -4.36. The Bertz CT molecular complexity index is 1410. The van der Waals surface area contributed by atoms with Crippen LogP contribution in [0.3, 0.4) is 0 Å². The molecule has 0 saturated heterocycles. The van der Waals surface area contributed by atoms with Gasteiger partial charge in [-0.2, -0.15) is 13.2 Å². The van der Waals surface area contributed by atoms with Gasteiger partial charge in [-0.3, -0.25) is 0 Å². The fourth-order valence-corrected chi connectivity index (χ4v) is 4.02. The number of halogens is 3. The molecule has 0 radical (unpaired) electrons. The van der Waals surface area contributed by atoms with Crippen LogP contribution in [0.2, 0.25) is 0 Å². The molecule has 0 bridgehead atoms. The van der Waals surface area contributed by atoms with Crippen molar-refractivity contribution in [2.45, 2.75) is 45.0 Å². The van der Waals surface area contributed by atoms with E-state index in [1.54, 1.807) is 18.3 Å². The highest BCUT2D eigenvalue weighted by molar-refractivity contribution is 5.66. The molecule has 0 unspecified atom stereocenters. The van der Waals surface area contributed by atoms with E-state index < -0.39 is 17.8 Å². The van der Waals surface area contributed by atoms with Gasteiger partial charge in [-0.25, -0.2) is 14.8 Å². The quantitative estimate of drug-likeness (QED) is 0.184. The fraction of sp³-hybridized carbons (Fsp3) is 0.300. The van der Waals surface area contributed by atoms with E-state index in [0.717, 1.165) is 43.8 Å². The zero-order valence-electron chi connectivity index (χ0n) is 22.6. The monoisotopic (exact) mass is 568 g/mol.